The Morgan fingerprint density at radius 2 is 2.14 bits per heavy atom. The highest BCUT2D eigenvalue weighted by molar-refractivity contribution is 5.64. The van der Waals surface area contributed by atoms with Crippen LogP contribution in [0.2, 0.25) is 0 Å². The Hall–Kier alpha value is -1.08. The van der Waals surface area contributed by atoms with E-state index in [1.54, 1.807) is 0 Å². The average molecular weight is 186 g/mol. The Balaban J connectivity index is 1.98. The van der Waals surface area contributed by atoms with Gasteiger partial charge in [-0.2, -0.15) is 0 Å². The van der Waals surface area contributed by atoms with Crippen LogP contribution in [-0.2, 0) is 6.42 Å². The smallest absolute Gasteiger partial charge is 0.0648 e. The van der Waals surface area contributed by atoms with Crippen LogP contribution >= 0.6 is 0 Å². The first-order valence-corrected chi connectivity index (χ1v) is 5.30. The molecule has 0 saturated heterocycles. The van der Waals surface area contributed by atoms with Crippen LogP contribution in [0.15, 0.2) is 23.8 Å². The third kappa shape index (κ3) is 1.28. The molecule has 0 spiro atoms. The molecule has 0 unspecified atom stereocenters. The third-order valence-corrected chi connectivity index (χ3v) is 3.20. The van der Waals surface area contributed by atoms with Crippen molar-refractivity contribution in [3.63, 3.8) is 0 Å². The van der Waals surface area contributed by atoms with Gasteiger partial charge in [0.15, 0.2) is 0 Å². The molecule has 1 N–H and O–H groups in total. The zero-order chi connectivity index (χ0) is 9.54. The highest BCUT2D eigenvalue weighted by atomic mass is 16.3. The Bertz CT molecular complexity index is 400. The second-order valence-corrected chi connectivity index (χ2v) is 4.37. The van der Waals surface area contributed by atoms with E-state index in [9.17, 15) is 0 Å². The van der Waals surface area contributed by atoms with Gasteiger partial charge in [-0.15, -0.1) is 0 Å². The zero-order valence-electron chi connectivity index (χ0n) is 8.16. The van der Waals surface area contributed by atoms with Crippen molar-refractivity contribution < 1.29 is 5.11 Å². The van der Waals surface area contributed by atoms with E-state index < -0.39 is 0 Å². The van der Waals surface area contributed by atoms with Crippen LogP contribution in [0.5, 0.6) is 0 Å². The van der Waals surface area contributed by atoms with Gasteiger partial charge in [-0.25, -0.2) is 0 Å². The summed E-state index contributed by atoms with van der Waals surface area (Å²) in [7, 11) is 0. The molecule has 1 heteroatoms. The quantitative estimate of drug-likeness (QED) is 0.752. The molecule has 0 aliphatic heterocycles. The molecule has 1 fully saturated rings. The first kappa shape index (κ1) is 8.25. The molecule has 2 aliphatic carbocycles. The minimum Gasteiger partial charge on any atom is -0.392 e. The lowest BCUT2D eigenvalue weighted by molar-refractivity contribution is 0.330. The molecule has 1 nitrogen and oxygen atoms in total. The average Bonchev–Trinajstić information content (AvgIpc) is 2.97. The molecule has 1 saturated carbocycles. The summed E-state index contributed by atoms with van der Waals surface area (Å²) in [5.41, 5.74) is 5.34. The Kier molecular flexibility index (Phi) is 1.74. The Morgan fingerprint density at radius 1 is 1.29 bits per heavy atom. The largest absolute Gasteiger partial charge is 0.392 e. The molecule has 3 rings (SSSR count). The van der Waals surface area contributed by atoms with Crippen molar-refractivity contribution in [1.82, 2.24) is 0 Å². The van der Waals surface area contributed by atoms with Crippen LogP contribution < -0.4 is 0 Å². The van der Waals surface area contributed by atoms with Gasteiger partial charge >= 0.3 is 0 Å². The van der Waals surface area contributed by atoms with Gasteiger partial charge in [-0.1, -0.05) is 24.3 Å². The van der Waals surface area contributed by atoms with E-state index in [0.29, 0.717) is 0 Å². The molecule has 0 aromatic heterocycles. The fourth-order valence-corrected chi connectivity index (χ4v) is 2.20. The number of aliphatic hydroxyl groups is 1. The topological polar surface area (TPSA) is 20.2 Å². The van der Waals surface area contributed by atoms with Crippen molar-refractivity contribution in [1.29, 1.82) is 0 Å². The van der Waals surface area contributed by atoms with E-state index in [2.05, 4.69) is 24.3 Å². The predicted octanol–water partition coefficient (Wildman–Crippen LogP) is 2.50. The van der Waals surface area contributed by atoms with Crippen LogP contribution in [0.1, 0.15) is 35.4 Å². The normalized spacial score (nSPS) is 19.4. The molecule has 2 aliphatic rings. The first-order chi connectivity index (χ1) is 6.86. The maximum Gasteiger partial charge on any atom is 0.0648 e. The van der Waals surface area contributed by atoms with Crippen molar-refractivity contribution in [2.75, 3.05) is 6.61 Å². The lowest BCUT2D eigenvalue weighted by atomic mass is 10.0. The summed E-state index contributed by atoms with van der Waals surface area (Å²) in [4.78, 5) is 0. The molecule has 14 heavy (non-hydrogen) atoms. The van der Waals surface area contributed by atoms with E-state index in [1.807, 2.05) is 0 Å². The highest BCUT2D eigenvalue weighted by Crippen LogP contribution is 2.41. The van der Waals surface area contributed by atoms with Gasteiger partial charge in [0.05, 0.1) is 6.61 Å². The molecule has 0 atom stereocenters. The first-order valence-electron chi connectivity index (χ1n) is 5.30. The fraction of sp³-hybridized carbons (Fsp3) is 0.385. The fourth-order valence-electron chi connectivity index (χ4n) is 2.20. The Labute approximate surface area is 84.1 Å². The van der Waals surface area contributed by atoms with Crippen LogP contribution in [0.4, 0.5) is 0 Å². The SMILES string of the molecule is OCC1=Cc2cc(C3CC3)ccc2C1. The van der Waals surface area contributed by atoms with E-state index in [0.717, 1.165) is 17.9 Å². The summed E-state index contributed by atoms with van der Waals surface area (Å²) in [5.74, 6) is 0.826. The number of rotatable bonds is 2. The zero-order valence-corrected chi connectivity index (χ0v) is 8.16. The lowest BCUT2D eigenvalue weighted by Gasteiger charge is -2.02. The minimum absolute atomic E-state index is 0.202. The number of benzene rings is 1. The van der Waals surface area contributed by atoms with Gasteiger partial charge in [-0.3, -0.25) is 0 Å². The van der Waals surface area contributed by atoms with E-state index in [-0.39, 0.29) is 6.61 Å². The van der Waals surface area contributed by atoms with E-state index >= 15 is 0 Å². The molecule has 1 aromatic rings. The summed E-state index contributed by atoms with van der Waals surface area (Å²) in [6.45, 7) is 0.202. The standard InChI is InChI=1S/C13H14O/c14-8-9-5-11-3-4-12(10-1-2-10)7-13(11)6-9/h3-4,6-7,10,14H,1-2,5,8H2. The van der Waals surface area contributed by atoms with Crippen LogP contribution in [0.25, 0.3) is 6.08 Å². The van der Waals surface area contributed by atoms with Gasteiger partial charge in [0.2, 0.25) is 0 Å². The summed E-state index contributed by atoms with van der Waals surface area (Å²) in [6.07, 6.45) is 5.79. The molecule has 0 heterocycles. The second kappa shape index (κ2) is 2.96. The van der Waals surface area contributed by atoms with Crippen molar-refractivity contribution in [3.8, 4) is 0 Å². The number of hydrogen-bond acceptors (Lipinski definition) is 1. The predicted molar refractivity (Wildman–Crippen MR) is 57.2 cm³/mol. The maximum atomic E-state index is 9.06. The number of aliphatic hydroxyl groups excluding tert-OH is 1. The summed E-state index contributed by atoms with van der Waals surface area (Å²) >= 11 is 0. The lowest BCUT2D eigenvalue weighted by Crippen LogP contribution is -1.89. The summed E-state index contributed by atoms with van der Waals surface area (Å²) in [5, 5.41) is 9.06. The molecule has 0 amide bonds. The van der Waals surface area contributed by atoms with E-state index in [4.69, 9.17) is 5.11 Å². The van der Waals surface area contributed by atoms with Crippen molar-refractivity contribution in [2.45, 2.75) is 25.2 Å². The number of fused-ring (bicyclic) bond motifs is 1. The van der Waals surface area contributed by atoms with Crippen molar-refractivity contribution >= 4 is 6.08 Å². The molecule has 0 bridgehead atoms. The van der Waals surface area contributed by atoms with E-state index in [1.165, 1.54) is 29.5 Å². The maximum absolute atomic E-state index is 9.06. The summed E-state index contributed by atoms with van der Waals surface area (Å²) in [6, 6.07) is 6.78. The van der Waals surface area contributed by atoms with Gasteiger partial charge in [-0.05, 0) is 47.4 Å². The van der Waals surface area contributed by atoms with Crippen molar-refractivity contribution in [2.24, 2.45) is 0 Å². The van der Waals surface area contributed by atoms with Gasteiger partial charge in [0.25, 0.3) is 0 Å². The number of hydrogen-bond donors (Lipinski definition) is 1. The monoisotopic (exact) mass is 186 g/mol. The molecular weight excluding hydrogens is 172 g/mol. The van der Waals surface area contributed by atoms with Crippen LogP contribution in [0, 0.1) is 0 Å². The molecular formula is C13H14O. The Morgan fingerprint density at radius 3 is 2.86 bits per heavy atom. The van der Waals surface area contributed by atoms with Crippen molar-refractivity contribution in [3.05, 3.63) is 40.5 Å². The van der Waals surface area contributed by atoms with Crippen LogP contribution in [0.3, 0.4) is 0 Å². The van der Waals surface area contributed by atoms with Gasteiger partial charge in [0.1, 0.15) is 0 Å². The van der Waals surface area contributed by atoms with Crippen LogP contribution in [-0.4, -0.2) is 11.7 Å². The molecule has 1 aromatic carbocycles. The highest BCUT2D eigenvalue weighted by Gasteiger charge is 2.24. The van der Waals surface area contributed by atoms with Gasteiger partial charge in [0, 0.05) is 0 Å². The summed E-state index contributed by atoms with van der Waals surface area (Å²) < 4.78 is 0. The molecule has 0 radical (unpaired) electrons. The minimum atomic E-state index is 0.202. The molecule has 72 valence electrons. The van der Waals surface area contributed by atoms with Gasteiger partial charge < -0.3 is 5.11 Å². The third-order valence-electron chi connectivity index (χ3n) is 3.20. The second-order valence-electron chi connectivity index (χ2n) is 4.37.